The van der Waals surface area contributed by atoms with E-state index in [0.717, 1.165) is 12.1 Å². The monoisotopic (exact) mass is 190 g/mol. The molecule has 0 saturated carbocycles. The molecule has 0 radical (unpaired) electrons. The fraction of sp³-hybridized carbons (Fsp3) is 0. The van der Waals surface area contributed by atoms with Gasteiger partial charge in [0, 0.05) is 17.8 Å². The molecule has 0 saturated heterocycles. The Labute approximate surface area is 80.0 Å². The summed E-state index contributed by atoms with van der Waals surface area (Å²) in [6.45, 7) is 0. The number of hydrogen-bond donors (Lipinski definition) is 0. The first kappa shape index (κ1) is 8.81. The Morgan fingerprint density at radius 3 is 2.71 bits per heavy atom. The molecule has 3 heteroatoms. The Kier molecular flexibility index (Phi) is 2.23. The molecule has 0 aliphatic carbocycles. The lowest BCUT2D eigenvalue weighted by atomic mass is 10.1. The van der Waals surface area contributed by atoms with E-state index in [2.05, 4.69) is 11.1 Å². The third-order valence-electron chi connectivity index (χ3n) is 1.78. The van der Waals surface area contributed by atoms with Gasteiger partial charge >= 0.3 is 0 Å². The third kappa shape index (κ3) is 1.62. The molecule has 0 amide bonds. The second kappa shape index (κ2) is 3.54. The zero-order valence-electron chi connectivity index (χ0n) is 7.17. The number of benzene rings is 1. The van der Waals surface area contributed by atoms with E-state index in [1.54, 1.807) is 24.4 Å². The molecule has 0 atom stereocenters. The molecule has 0 spiro atoms. The van der Waals surface area contributed by atoms with Crippen molar-refractivity contribution >= 4 is 0 Å². The van der Waals surface area contributed by atoms with Crippen LogP contribution >= 0.6 is 0 Å². The highest BCUT2D eigenvalue weighted by Gasteiger charge is 1.97. The fourth-order valence-electron chi connectivity index (χ4n) is 1.15. The van der Waals surface area contributed by atoms with Crippen molar-refractivity contribution in [3.63, 3.8) is 0 Å². The van der Waals surface area contributed by atoms with Gasteiger partial charge in [-0.3, -0.25) is 8.78 Å². The highest BCUT2D eigenvalue weighted by molar-refractivity contribution is 5.58. The zero-order valence-corrected chi connectivity index (χ0v) is 7.17. The van der Waals surface area contributed by atoms with Gasteiger partial charge in [0.2, 0.25) is 0 Å². The highest BCUT2D eigenvalue weighted by atomic mass is 19.1. The fourth-order valence-corrected chi connectivity index (χ4v) is 1.15. The number of aromatic nitrogens is 1. The molecule has 1 heterocycles. The van der Waals surface area contributed by atoms with E-state index < -0.39 is 11.6 Å². The summed E-state index contributed by atoms with van der Waals surface area (Å²) in [5.41, 5.74) is 0.636. The smallest absolute Gasteiger partial charge is 0.0408 e. The summed E-state index contributed by atoms with van der Waals surface area (Å²) in [7, 11) is 0. The molecule has 0 fully saturated rings. The molecule has 1 nitrogen and oxygen atoms in total. The second-order valence-electron chi connectivity index (χ2n) is 2.76. The minimum atomic E-state index is -0.649. The number of rotatable bonds is 1. The maximum atomic E-state index is 13.2. The lowest BCUT2D eigenvalue weighted by Crippen LogP contribution is -1.88. The molecule has 1 aromatic carbocycles. The van der Waals surface area contributed by atoms with Crippen LogP contribution in [0.3, 0.4) is 0 Å². The average Bonchev–Trinajstić information content (AvgIpc) is 2.19. The summed E-state index contributed by atoms with van der Waals surface area (Å²) in [5.74, 6) is -1.29. The summed E-state index contributed by atoms with van der Waals surface area (Å²) in [4.78, 5) is 3.95. The molecule has 2 aromatic rings. The van der Waals surface area contributed by atoms with Crippen molar-refractivity contribution in [2.45, 2.75) is 0 Å². The molecule has 70 valence electrons. The van der Waals surface area contributed by atoms with Crippen LogP contribution in [0.2, 0.25) is 0 Å². The quantitative estimate of drug-likeness (QED) is 0.630. The standard InChI is InChI=1S/C11H6F2N/c12-8-4-5-9(10(13)7-8)11-3-1-2-6-14-11/h1-4,6-7H/q-1. The number of pyridine rings is 1. The van der Waals surface area contributed by atoms with E-state index in [-0.39, 0.29) is 5.56 Å². The van der Waals surface area contributed by atoms with Gasteiger partial charge in [-0.15, -0.1) is 12.1 Å². The molecule has 1 aromatic heterocycles. The van der Waals surface area contributed by atoms with Crippen molar-refractivity contribution in [3.05, 3.63) is 54.2 Å². The van der Waals surface area contributed by atoms with Crippen molar-refractivity contribution in [2.24, 2.45) is 0 Å². The number of halogens is 2. The topological polar surface area (TPSA) is 12.9 Å². The van der Waals surface area contributed by atoms with Gasteiger partial charge in [0.15, 0.2) is 0 Å². The Morgan fingerprint density at radius 1 is 1.21 bits per heavy atom. The van der Waals surface area contributed by atoms with Gasteiger partial charge in [-0.1, -0.05) is 23.8 Å². The molecular formula is C11H6F2N-. The van der Waals surface area contributed by atoms with Gasteiger partial charge in [-0.05, 0) is 11.8 Å². The summed E-state index contributed by atoms with van der Waals surface area (Å²) in [6, 6.07) is 9.53. The molecule has 0 aliphatic rings. The molecular weight excluding hydrogens is 184 g/mol. The largest absolute Gasteiger partial charge is 0.305 e. The van der Waals surface area contributed by atoms with Gasteiger partial charge in [0.1, 0.15) is 0 Å². The minimum Gasteiger partial charge on any atom is -0.305 e. The molecule has 0 bridgehead atoms. The summed E-state index contributed by atoms with van der Waals surface area (Å²) in [6.07, 6.45) is 1.55. The predicted octanol–water partition coefficient (Wildman–Crippen LogP) is 2.83. The van der Waals surface area contributed by atoms with E-state index in [1.165, 1.54) is 0 Å². The van der Waals surface area contributed by atoms with Crippen molar-refractivity contribution in [1.82, 2.24) is 4.98 Å². The molecule has 2 rings (SSSR count). The van der Waals surface area contributed by atoms with E-state index in [4.69, 9.17) is 0 Å². The van der Waals surface area contributed by atoms with Crippen molar-refractivity contribution < 1.29 is 8.78 Å². The van der Waals surface area contributed by atoms with Crippen LogP contribution in [0.4, 0.5) is 8.78 Å². The van der Waals surface area contributed by atoms with Crippen LogP contribution in [0.1, 0.15) is 0 Å². The lowest BCUT2D eigenvalue weighted by molar-refractivity contribution is 0.585. The Hall–Kier alpha value is -1.77. The molecule has 14 heavy (non-hydrogen) atoms. The van der Waals surface area contributed by atoms with Gasteiger partial charge in [-0.25, -0.2) is 0 Å². The van der Waals surface area contributed by atoms with Crippen LogP contribution < -0.4 is 0 Å². The first-order valence-electron chi connectivity index (χ1n) is 4.05. The van der Waals surface area contributed by atoms with E-state index in [0.29, 0.717) is 5.69 Å². The normalized spacial score (nSPS) is 10.1. The summed E-state index contributed by atoms with van der Waals surface area (Å²) < 4.78 is 25.8. The second-order valence-corrected chi connectivity index (χ2v) is 2.76. The van der Waals surface area contributed by atoms with Crippen LogP contribution in [0.15, 0.2) is 36.5 Å². The van der Waals surface area contributed by atoms with Crippen molar-refractivity contribution in [1.29, 1.82) is 0 Å². The van der Waals surface area contributed by atoms with Gasteiger partial charge < -0.3 is 4.98 Å². The lowest BCUT2D eigenvalue weighted by Gasteiger charge is -2.09. The van der Waals surface area contributed by atoms with E-state index in [1.807, 2.05) is 0 Å². The maximum absolute atomic E-state index is 13.2. The maximum Gasteiger partial charge on any atom is 0.0408 e. The van der Waals surface area contributed by atoms with Gasteiger partial charge in [0.25, 0.3) is 0 Å². The Morgan fingerprint density at radius 2 is 2.07 bits per heavy atom. The van der Waals surface area contributed by atoms with Gasteiger partial charge in [0.05, 0.1) is 0 Å². The first-order chi connectivity index (χ1) is 6.77. The number of hydrogen-bond acceptors (Lipinski definition) is 1. The van der Waals surface area contributed by atoms with Crippen LogP contribution in [0, 0.1) is 17.7 Å². The average molecular weight is 190 g/mol. The minimum absolute atomic E-state index is 0.187. The van der Waals surface area contributed by atoms with Gasteiger partial charge in [-0.2, -0.15) is 0 Å². The number of nitrogens with zero attached hydrogens (tertiary/aromatic N) is 1. The van der Waals surface area contributed by atoms with Crippen LogP contribution in [0.5, 0.6) is 0 Å². The van der Waals surface area contributed by atoms with E-state index in [9.17, 15) is 8.78 Å². The van der Waals surface area contributed by atoms with Crippen LogP contribution in [-0.2, 0) is 0 Å². The van der Waals surface area contributed by atoms with Crippen molar-refractivity contribution in [2.75, 3.05) is 0 Å². The third-order valence-corrected chi connectivity index (χ3v) is 1.78. The first-order valence-corrected chi connectivity index (χ1v) is 4.05. The van der Waals surface area contributed by atoms with E-state index >= 15 is 0 Å². The molecule has 0 aliphatic heterocycles. The zero-order chi connectivity index (χ0) is 9.97. The predicted molar refractivity (Wildman–Crippen MR) is 48.4 cm³/mol. The van der Waals surface area contributed by atoms with Crippen molar-refractivity contribution in [3.8, 4) is 11.3 Å². The summed E-state index contributed by atoms with van der Waals surface area (Å²) in [5, 5.41) is 0. The van der Waals surface area contributed by atoms with Crippen LogP contribution in [0.25, 0.3) is 11.3 Å². The SMILES string of the molecule is Fc1c[c-]c(-c2ccccn2)c(F)c1. The molecule has 0 unspecified atom stereocenters. The summed E-state index contributed by atoms with van der Waals surface area (Å²) >= 11 is 0. The molecule has 0 N–H and O–H groups in total. The Bertz CT molecular complexity index is 440. The highest BCUT2D eigenvalue weighted by Crippen LogP contribution is 2.19. The van der Waals surface area contributed by atoms with Crippen LogP contribution in [-0.4, -0.2) is 4.98 Å². The Balaban J connectivity index is 2.53.